The summed E-state index contributed by atoms with van der Waals surface area (Å²) in [6.45, 7) is 1.95. The minimum absolute atomic E-state index is 0.0152. The van der Waals surface area contributed by atoms with Gasteiger partial charge in [-0.15, -0.1) is 0 Å². The Morgan fingerprint density at radius 3 is 2.38 bits per heavy atom. The number of benzene rings is 2. The first-order valence-electron chi connectivity index (χ1n) is 7.19. The maximum absolute atomic E-state index is 12.4. The van der Waals surface area contributed by atoms with Crippen LogP contribution in [0.2, 0.25) is 0 Å². The molecule has 1 N–H and O–H groups in total. The highest BCUT2D eigenvalue weighted by molar-refractivity contribution is 5.94. The number of amides is 1. The number of hydrogen-bond acceptors (Lipinski definition) is 2. The van der Waals surface area contributed by atoms with E-state index in [0.717, 1.165) is 24.2 Å². The highest BCUT2D eigenvalue weighted by atomic mass is 16.5. The molecular formula is C18H19NO2. The Hall–Kier alpha value is -2.29. The largest absolute Gasteiger partial charge is 0.496 e. The molecule has 2 aromatic carbocycles. The van der Waals surface area contributed by atoms with Crippen LogP contribution in [0.15, 0.2) is 42.5 Å². The molecule has 0 atom stereocenters. The summed E-state index contributed by atoms with van der Waals surface area (Å²) in [5.41, 5.74) is 4.34. The van der Waals surface area contributed by atoms with E-state index in [1.807, 2.05) is 25.1 Å². The zero-order chi connectivity index (χ0) is 14.8. The van der Waals surface area contributed by atoms with Crippen molar-refractivity contribution in [1.82, 2.24) is 5.32 Å². The second-order valence-electron chi connectivity index (χ2n) is 5.53. The molecule has 0 aliphatic heterocycles. The molecule has 0 aromatic heterocycles. The monoisotopic (exact) mass is 281 g/mol. The lowest BCUT2D eigenvalue weighted by Gasteiger charge is -2.13. The lowest BCUT2D eigenvalue weighted by molar-refractivity contribution is 0.0938. The van der Waals surface area contributed by atoms with Crippen molar-refractivity contribution in [2.24, 2.45) is 0 Å². The van der Waals surface area contributed by atoms with Gasteiger partial charge in [0.15, 0.2) is 0 Å². The van der Waals surface area contributed by atoms with Crippen molar-refractivity contribution in [3.63, 3.8) is 0 Å². The van der Waals surface area contributed by atoms with Gasteiger partial charge in [0.1, 0.15) is 5.75 Å². The number of hydrogen-bond donors (Lipinski definition) is 1. The third-order valence-corrected chi connectivity index (χ3v) is 4.04. The van der Waals surface area contributed by atoms with Gasteiger partial charge >= 0.3 is 0 Å². The van der Waals surface area contributed by atoms with E-state index in [4.69, 9.17) is 4.74 Å². The van der Waals surface area contributed by atoms with Crippen LogP contribution in [-0.4, -0.2) is 19.1 Å². The fourth-order valence-electron chi connectivity index (χ4n) is 2.95. The number of methoxy groups -OCH3 is 1. The molecule has 21 heavy (non-hydrogen) atoms. The topological polar surface area (TPSA) is 38.3 Å². The fraction of sp³-hybridized carbons (Fsp3) is 0.278. The second-order valence-corrected chi connectivity index (χ2v) is 5.53. The molecular weight excluding hydrogens is 262 g/mol. The number of ether oxygens (including phenoxy) is 1. The Labute approximate surface area is 124 Å². The summed E-state index contributed by atoms with van der Waals surface area (Å²) in [6.07, 6.45) is 1.83. The standard InChI is InChI=1S/C18H19NO2/c1-12-9-15(7-8-17(12)21-2)18(20)19-16-10-13-5-3-4-6-14(13)11-16/h3-9,16H,10-11H2,1-2H3,(H,19,20). The molecule has 0 radical (unpaired) electrons. The highest BCUT2D eigenvalue weighted by Crippen LogP contribution is 2.23. The predicted molar refractivity (Wildman–Crippen MR) is 82.8 cm³/mol. The van der Waals surface area contributed by atoms with E-state index in [0.29, 0.717) is 5.56 Å². The average molecular weight is 281 g/mol. The average Bonchev–Trinajstić information content (AvgIpc) is 2.89. The minimum atomic E-state index is -0.0152. The summed E-state index contributed by atoms with van der Waals surface area (Å²) < 4.78 is 5.22. The van der Waals surface area contributed by atoms with E-state index in [9.17, 15) is 4.79 Å². The molecule has 2 aromatic rings. The Kier molecular flexibility index (Phi) is 3.65. The molecule has 0 bridgehead atoms. The number of carbonyl (C=O) groups excluding carboxylic acids is 1. The van der Waals surface area contributed by atoms with Crippen LogP contribution in [0.25, 0.3) is 0 Å². The number of carbonyl (C=O) groups is 1. The molecule has 0 heterocycles. The molecule has 108 valence electrons. The molecule has 0 saturated heterocycles. The van der Waals surface area contributed by atoms with E-state index in [1.54, 1.807) is 7.11 Å². The Morgan fingerprint density at radius 2 is 1.81 bits per heavy atom. The molecule has 3 nitrogen and oxygen atoms in total. The van der Waals surface area contributed by atoms with Gasteiger partial charge in [0.05, 0.1) is 7.11 Å². The van der Waals surface area contributed by atoms with Crippen molar-refractivity contribution in [2.45, 2.75) is 25.8 Å². The summed E-state index contributed by atoms with van der Waals surface area (Å²) in [7, 11) is 1.64. The summed E-state index contributed by atoms with van der Waals surface area (Å²) >= 11 is 0. The zero-order valence-corrected chi connectivity index (χ0v) is 12.3. The molecule has 0 fully saturated rings. The van der Waals surface area contributed by atoms with Gasteiger partial charge in [0.2, 0.25) is 0 Å². The van der Waals surface area contributed by atoms with Crippen LogP contribution in [0.4, 0.5) is 0 Å². The van der Waals surface area contributed by atoms with Crippen molar-refractivity contribution in [2.75, 3.05) is 7.11 Å². The number of rotatable bonds is 3. The van der Waals surface area contributed by atoms with Gasteiger partial charge < -0.3 is 10.1 Å². The quantitative estimate of drug-likeness (QED) is 0.939. The molecule has 3 heteroatoms. The van der Waals surface area contributed by atoms with Crippen LogP contribution in [-0.2, 0) is 12.8 Å². The van der Waals surface area contributed by atoms with Crippen molar-refractivity contribution < 1.29 is 9.53 Å². The first-order valence-corrected chi connectivity index (χ1v) is 7.19. The van der Waals surface area contributed by atoms with Crippen LogP contribution in [0.3, 0.4) is 0 Å². The van der Waals surface area contributed by atoms with Crippen LogP contribution in [0.1, 0.15) is 27.0 Å². The van der Waals surface area contributed by atoms with Gasteiger partial charge in [-0.2, -0.15) is 0 Å². The van der Waals surface area contributed by atoms with Crippen LogP contribution in [0.5, 0.6) is 5.75 Å². The van der Waals surface area contributed by atoms with E-state index >= 15 is 0 Å². The fourth-order valence-corrected chi connectivity index (χ4v) is 2.95. The van der Waals surface area contributed by atoms with Crippen LogP contribution in [0, 0.1) is 6.92 Å². The van der Waals surface area contributed by atoms with E-state index in [2.05, 4.69) is 29.6 Å². The molecule has 1 aliphatic rings. The molecule has 0 saturated carbocycles. The summed E-state index contributed by atoms with van der Waals surface area (Å²) in [6, 6.07) is 14.1. The third-order valence-electron chi connectivity index (χ3n) is 4.04. The zero-order valence-electron chi connectivity index (χ0n) is 12.3. The van der Waals surface area contributed by atoms with Gasteiger partial charge in [-0.05, 0) is 54.7 Å². The number of nitrogens with one attached hydrogen (secondary N) is 1. The van der Waals surface area contributed by atoms with Crippen molar-refractivity contribution in [1.29, 1.82) is 0 Å². The Balaban J connectivity index is 1.69. The van der Waals surface area contributed by atoms with Crippen molar-refractivity contribution in [3.05, 3.63) is 64.7 Å². The summed E-state index contributed by atoms with van der Waals surface area (Å²) in [5, 5.41) is 3.13. The number of aryl methyl sites for hydroxylation is 1. The molecule has 1 amide bonds. The minimum Gasteiger partial charge on any atom is -0.496 e. The second kappa shape index (κ2) is 5.60. The van der Waals surface area contributed by atoms with Gasteiger partial charge in [-0.25, -0.2) is 0 Å². The number of fused-ring (bicyclic) bond motifs is 1. The van der Waals surface area contributed by atoms with Crippen LogP contribution < -0.4 is 10.1 Å². The lowest BCUT2D eigenvalue weighted by atomic mass is 10.1. The van der Waals surface area contributed by atoms with E-state index < -0.39 is 0 Å². The van der Waals surface area contributed by atoms with Crippen LogP contribution >= 0.6 is 0 Å². The van der Waals surface area contributed by atoms with Crippen molar-refractivity contribution >= 4 is 5.91 Å². The van der Waals surface area contributed by atoms with Gasteiger partial charge in [-0.1, -0.05) is 24.3 Å². The SMILES string of the molecule is COc1ccc(C(=O)NC2Cc3ccccc3C2)cc1C. The summed E-state index contributed by atoms with van der Waals surface area (Å²) in [5.74, 6) is 0.790. The first kappa shape index (κ1) is 13.7. The molecule has 0 unspecified atom stereocenters. The predicted octanol–water partition coefficient (Wildman–Crippen LogP) is 2.90. The van der Waals surface area contributed by atoms with Gasteiger partial charge in [-0.3, -0.25) is 4.79 Å². The third kappa shape index (κ3) is 2.77. The Morgan fingerprint density at radius 1 is 1.14 bits per heavy atom. The maximum Gasteiger partial charge on any atom is 0.251 e. The molecule has 3 rings (SSSR count). The smallest absolute Gasteiger partial charge is 0.251 e. The molecule has 0 spiro atoms. The van der Waals surface area contributed by atoms with E-state index in [-0.39, 0.29) is 11.9 Å². The normalized spacial score (nSPS) is 13.8. The van der Waals surface area contributed by atoms with E-state index in [1.165, 1.54) is 11.1 Å². The maximum atomic E-state index is 12.4. The Bertz CT molecular complexity index is 654. The van der Waals surface area contributed by atoms with Crippen molar-refractivity contribution in [3.8, 4) is 5.75 Å². The summed E-state index contributed by atoms with van der Waals surface area (Å²) in [4.78, 5) is 12.4. The first-order chi connectivity index (χ1) is 10.2. The van der Waals surface area contributed by atoms with Gasteiger partial charge in [0.25, 0.3) is 5.91 Å². The molecule has 1 aliphatic carbocycles. The van der Waals surface area contributed by atoms with Gasteiger partial charge in [0, 0.05) is 11.6 Å². The highest BCUT2D eigenvalue weighted by Gasteiger charge is 2.22. The lowest BCUT2D eigenvalue weighted by Crippen LogP contribution is -2.35.